The van der Waals surface area contributed by atoms with E-state index >= 15 is 0 Å². The van der Waals surface area contributed by atoms with E-state index in [9.17, 15) is 15.0 Å². The number of hydrogen-bond acceptors (Lipinski definition) is 3. The molecule has 4 heteroatoms. The van der Waals surface area contributed by atoms with Gasteiger partial charge in [0, 0.05) is 6.42 Å². The highest BCUT2D eigenvalue weighted by molar-refractivity contribution is 5.76. The number of rotatable bonds is 66. The standard InChI is InChI=1S/C70H139NO3/c1-3-5-7-9-11-13-15-17-19-21-23-25-27-29-30-31-32-33-34-35-36-37-38-39-40-42-44-46-48-50-52-54-56-58-60-62-64-66-70(74)71-68(67-72)69(73)65-63-61-59-57-55-53-51-49-47-45-43-41-28-26-24-22-20-18-16-14-12-10-8-6-4-2/h63,65,68-69,72-73H,3-62,64,66-67H2,1-2H3,(H,71,74)/b65-63+. The predicted molar refractivity (Wildman–Crippen MR) is 332 cm³/mol. The molecule has 0 aromatic heterocycles. The number of unbranched alkanes of at least 4 members (excludes halogenated alkanes) is 59. The number of nitrogens with one attached hydrogen (secondary N) is 1. The molecule has 3 N–H and O–H groups in total. The van der Waals surface area contributed by atoms with Crippen LogP contribution in [0.4, 0.5) is 0 Å². The number of allylic oxidation sites excluding steroid dienone is 1. The Balaban J connectivity index is 3.37. The van der Waals surface area contributed by atoms with E-state index in [2.05, 4.69) is 19.2 Å². The molecule has 2 atom stereocenters. The lowest BCUT2D eigenvalue weighted by Gasteiger charge is -2.20. The Morgan fingerprint density at radius 2 is 0.500 bits per heavy atom. The van der Waals surface area contributed by atoms with Crippen molar-refractivity contribution >= 4 is 5.91 Å². The maximum atomic E-state index is 12.5. The van der Waals surface area contributed by atoms with E-state index in [0.29, 0.717) is 6.42 Å². The Hall–Kier alpha value is -0.870. The van der Waals surface area contributed by atoms with Crippen LogP contribution in [0.2, 0.25) is 0 Å². The minimum atomic E-state index is -0.837. The third-order valence-corrected chi connectivity index (χ3v) is 16.8. The predicted octanol–water partition coefficient (Wildman–Crippen LogP) is 23.6. The second kappa shape index (κ2) is 66.4. The number of aliphatic hydroxyl groups excluding tert-OH is 2. The van der Waals surface area contributed by atoms with Crippen LogP contribution in [-0.2, 0) is 4.79 Å². The zero-order valence-electron chi connectivity index (χ0n) is 51.2. The van der Waals surface area contributed by atoms with Crippen molar-refractivity contribution in [1.29, 1.82) is 0 Å². The van der Waals surface area contributed by atoms with E-state index in [-0.39, 0.29) is 12.5 Å². The van der Waals surface area contributed by atoms with E-state index in [1.165, 1.54) is 366 Å². The molecule has 0 radical (unpaired) electrons. The van der Waals surface area contributed by atoms with Gasteiger partial charge in [0.05, 0.1) is 18.8 Å². The maximum Gasteiger partial charge on any atom is 0.220 e. The third kappa shape index (κ3) is 62.0. The zero-order valence-corrected chi connectivity index (χ0v) is 51.2. The van der Waals surface area contributed by atoms with Gasteiger partial charge in [-0.1, -0.05) is 398 Å². The normalized spacial score (nSPS) is 12.6. The van der Waals surface area contributed by atoms with Crippen LogP contribution in [-0.4, -0.2) is 34.9 Å². The van der Waals surface area contributed by atoms with Crippen LogP contribution in [0, 0.1) is 0 Å². The molecule has 0 bridgehead atoms. The Morgan fingerprint density at radius 1 is 0.311 bits per heavy atom. The number of carbonyl (C=O) groups excluding carboxylic acids is 1. The molecule has 0 aliphatic carbocycles. The van der Waals surface area contributed by atoms with E-state index in [0.717, 1.165) is 25.7 Å². The third-order valence-electron chi connectivity index (χ3n) is 16.8. The van der Waals surface area contributed by atoms with Crippen LogP contribution in [0.5, 0.6) is 0 Å². The van der Waals surface area contributed by atoms with Gasteiger partial charge in [0.1, 0.15) is 0 Å². The van der Waals surface area contributed by atoms with Crippen LogP contribution in [0.3, 0.4) is 0 Å². The Bertz CT molecular complexity index is 1040. The molecule has 74 heavy (non-hydrogen) atoms. The highest BCUT2D eigenvalue weighted by Crippen LogP contribution is 2.20. The fraction of sp³-hybridized carbons (Fsp3) is 0.957. The summed E-state index contributed by atoms with van der Waals surface area (Å²) in [7, 11) is 0. The lowest BCUT2D eigenvalue weighted by molar-refractivity contribution is -0.123. The molecule has 442 valence electrons. The number of hydrogen-bond donors (Lipinski definition) is 3. The van der Waals surface area contributed by atoms with Crippen molar-refractivity contribution in [2.24, 2.45) is 0 Å². The van der Waals surface area contributed by atoms with Crippen molar-refractivity contribution in [2.75, 3.05) is 6.61 Å². The molecule has 1 amide bonds. The highest BCUT2D eigenvalue weighted by atomic mass is 16.3. The molecule has 0 saturated carbocycles. The van der Waals surface area contributed by atoms with Gasteiger partial charge in [0.25, 0.3) is 0 Å². The summed E-state index contributed by atoms with van der Waals surface area (Å²) in [4.78, 5) is 12.5. The topological polar surface area (TPSA) is 69.6 Å². The zero-order chi connectivity index (χ0) is 53.4. The van der Waals surface area contributed by atoms with Gasteiger partial charge in [-0.15, -0.1) is 0 Å². The summed E-state index contributed by atoms with van der Waals surface area (Å²) >= 11 is 0. The SMILES string of the molecule is CCCCCCCCCCCCCCCCCCCCCCCCC/C=C/C(O)C(CO)NC(=O)CCCCCCCCCCCCCCCCCCCCCCCCCCCCCCCCCCCCCCC. The number of carbonyl (C=O) groups is 1. The summed E-state index contributed by atoms with van der Waals surface area (Å²) < 4.78 is 0. The van der Waals surface area contributed by atoms with Crippen LogP contribution in [0.25, 0.3) is 0 Å². The molecule has 0 fully saturated rings. The van der Waals surface area contributed by atoms with Crippen molar-refractivity contribution in [1.82, 2.24) is 5.32 Å². The second-order valence-corrected chi connectivity index (χ2v) is 24.3. The molecule has 4 nitrogen and oxygen atoms in total. The van der Waals surface area contributed by atoms with Gasteiger partial charge in [-0.25, -0.2) is 0 Å². The largest absolute Gasteiger partial charge is 0.394 e. The van der Waals surface area contributed by atoms with Crippen molar-refractivity contribution in [3.63, 3.8) is 0 Å². The second-order valence-electron chi connectivity index (χ2n) is 24.3. The molecule has 0 aliphatic rings. The molecule has 2 unspecified atom stereocenters. The van der Waals surface area contributed by atoms with E-state index in [4.69, 9.17) is 0 Å². The summed E-state index contributed by atoms with van der Waals surface area (Å²) in [5.41, 5.74) is 0. The van der Waals surface area contributed by atoms with E-state index in [1.807, 2.05) is 6.08 Å². The monoisotopic (exact) mass is 1040 g/mol. The first-order valence-corrected chi connectivity index (χ1v) is 34.9. The molecular weight excluding hydrogens is 903 g/mol. The van der Waals surface area contributed by atoms with Gasteiger partial charge in [0.2, 0.25) is 5.91 Å². The van der Waals surface area contributed by atoms with Crippen molar-refractivity contribution in [2.45, 2.75) is 424 Å². The summed E-state index contributed by atoms with van der Waals surface area (Å²) in [5, 5.41) is 23.3. The van der Waals surface area contributed by atoms with Crippen LogP contribution >= 0.6 is 0 Å². The van der Waals surface area contributed by atoms with Crippen molar-refractivity contribution < 1.29 is 15.0 Å². The Kier molecular flexibility index (Phi) is 65.6. The van der Waals surface area contributed by atoms with Crippen LogP contribution < -0.4 is 5.32 Å². The van der Waals surface area contributed by atoms with Crippen LogP contribution in [0.1, 0.15) is 412 Å². The van der Waals surface area contributed by atoms with Gasteiger partial charge < -0.3 is 15.5 Å². The first-order chi connectivity index (χ1) is 36.7. The molecule has 0 heterocycles. The van der Waals surface area contributed by atoms with Crippen molar-refractivity contribution in [3.05, 3.63) is 12.2 Å². The van der Waals surface area contributed by atoms with E-state index in [1.54, 1.807) is 6.08 Å². The highest BCUT2D eigenvalue weighted by Gasteiger charge is 2.18. The molecule has 0 rings (SSSR count). The minimum Gasteiger partial charge on any atom is -0.394 e. The van der Waals surface area contributed by atoms with Gasteiger partial charge in [-0.3, -0.25) is 4.79 Å². The minimum absolute atomic E-state index is 0.0531. The van der Waals surface area contributed by atoms with Gasteiger partial charge in [0.15, 0.2) is 0 Å². The summed E-state index contributed by atoms with van der Waals surface area (Å²) in [6.07, 6.45) is 88.8. The molecule has 0 spiro atoms. The summed E-state index contributed by atoms with van der Waals surface area (Å²) in [6, 6.07) is -0.619. The summed E-state index contributed by atoms with van der Waals surface area (Å²) in [6.45, 7) is 4.37. The Morgan fingerprint density at radius 3 is 0.703 bits per heavy atom. The smallest absolute Gasteiger partial charge is 0.220 e. The number of aliphatic hydroxyl groups is 2. The van der Waals surface area contributed by atoms with Crippen molar-refractivity contribution in [3.8, 4) is 0 Å². The number of amides is 1. The lowest BCUT2D eigenvalue weighted by Crippen LogP contribution is -2.45. The van der Waals surface area contributed by atoms with Gasteiger partial charge in [-0.2, -0.15) is 0 Å². The average Bonchev–Trinajstić information content (AvgIpc) is 3.40. The fourth-order valence-electron chi connectivity index (χ4n) is 11.5. The molecular formula is C70H139NO3. The quantitative estimate of drug-likeness (QED) is 0.0420. The van der Waals surface area contributed by atoms with Gasteiger partial charge in [-0.05, 0) is 19.3 Å². The van der Waals surface area contributed by atoms with E-state index < -0.39 is 12.1 Å². The molecule has 0 saturated heterocycles. The fourth-order valence-corrected chi connectivity index (χ4v) is 11.5. The molecule has 0 aromatic rings. The van der Waals surface area contributed by atoms with Crippen LogP contribution in [0.15, 0.2) is 12.2 Å². The molecule has 0 aliphatic heterocycles. The Labute approximate surface area is 467 Å². The van der Waals surface area contributed by atoms with Gasteiger partial charge >= 0.3 is 0 Å². The average molecular weight is 1040 g/mol. The summed E-state index contributed by atoms with van der Waals surface area (Å²) in [5.74, 6) is -0.0531. The maximum absolute atomic E-state index is 12.5. The first kappa shape index (κ1) is 73.1. The lowest BCUT2D eigenvalue weighted by atomic mass is 10.0. The molecule has 0 aromatic carbocycles. The first-order valence-electron chi connectivity index (χ1n) is 34.9.